The molecule has 0 radical (unpaired) electrons. The molecule has 1 aromatic carbocycles. The van der Waals surface area contributed by atoms with Gasteiger partial charge in [-0.3, -0.25) is 14.9 Å². The molecule has 11 heteroatoms. The quantitative estimate of drug-likeness (QED) is 0.452. The number of benzene rings is 1. The third-order valence-corrected chi connectivity index (χ3v) is 8.53. The van der Waals surface area contributed by atoms with Gasteiger partial charge in [-0.05, 0) is 42.9 Å². The molecule has 1 aromatic heterocycles. The average molecular weight is 527 g/mol. The number of nitrogens with zero attached hydrogens (tertiary/aromatic N) is 1. The number of amides is 4. The second kappa shape index (κ2) is 9.02. The van der Waals surface area contributed by atoms with Gasteiger partial charge in [-0.1, -0.05) is 44.0 Å². The fourth-order valence-corrected chi connectivity index (χ4v) is 5.59. The fourth-order valence-electron chi connectivity index (χ4n) is 4.12. The van der Waals surface area contributed by atoms with Gasteiger partial charge in [0.25, 0.3) is 5.91 Å². The number of anilines is 2. The van der Waals surface area contributed by atoms with E-state index in [2.05, 4.69) is 16.0 Å². The van der Waals surface area contributed by atoms with Crippen LogP contribution in [0.4, 0.5) is 19.9 Å². The Hall–Kier alpha value is -2.36. The maximum absolute atomic E-state index is 13.7. The summed E-state index contributed by atoms with van der Waals surface area (Å²) in [5, 5.41) is 8.09. The Morgan fingerprint density at radius 3 is 2.50 bits per heavy atom. The Kier molecular flexibility index (Phi) is 6.56. The molecular weight excluding hydrogens is 502 g/mol. The molecule has 1 aliphatic heterocycles. The molecule has 3 N–H and O–H groups in total. The first-order valence-corrected chi connectivity index (χ1v) is 12.5. The highest BCUT2D eigenvalue weighted by molar-refractivity contribution is 7.16. The van der Waals surface area contributed by atoms with Crippen molar-refractivity contribution in [2.45, 2.75) is 51.0 Å². The van der Waals surface area contributed by atoms with Crippen LogP contribution in [0.3, 0.4) is 0 Å². The zero-order valence-corrected chi connectivity index (χ0v) is 21.3. The third-order valence-electron chi connectivity index (χ3n) is 6.20. The lowest BCUT2D eigenvalue weighted by molar-refractivity contribution is -0.141. The highest BCUT2D eigenvalue weighted by Gasteiger charge is 2.53. The number of hydrogen-bond acceptors (Lipinski definition) is 4. The SMILES string of the molecule is CC(C)(C)c1cc(C(=O)N2CCNC(=O)C23CCC3)c(NC(=O)Nc2ccc(F)c(Cl)c2Cl)s1. The van der Waals surface area contributed by atoms with E-state index in [1.54, 1.807) is 11.0 Å². The molecule has 1 spiro atoms. The maximum atomic E-state index is 13.7. The van der Waals surface area contributed by atoms with Crippen molar-refractivity contribution in [2.75, 3.05) is 23.7 Å². The van der Waals surface area contributed by atoms with Crippen molar-refractivity contribution in [3.8, 4) is 0 Å². The van der Waals surface area contributed by atoms with Crippen LogP contribution >= 0.6 is 34.5 Å². The van der Waals surface area contributed by atoms with Crippen LogP contribution in [0.1, 0.15) is 55.3 Å². The molecule has 1 saturated heterocycles. The number of halogens is 3. The summed E-state index contributed by atoms with van der Waals surface area (Å²) in [6.45, 7) is 6.83. The smallest absolute Gasteiger partial charge is 0.324 e. The topological polar surface area (TPSA) is 90.5 Å². The van der Waals surface area contributed by atoms with Gasteiger partial charge in [-0.2, -0.15) is 0 Å². The Labute approximate surface area is 211 Å². The molecular formula is C23H25Cl2FN4O3S. The lowest BCUT2D eigenvalue weighted by Gasteiger charge is -2.51. The minimum Gasteiger partial charge on any atom is -0.352 e. The summed E-state index contributed by atoms with van der Waals surface area (Å²) in [5.41, 5.74) is -0.629. The number of rotatable bonds is 3. The summed E-state index contributed by atoms with van der Waals surface area (Å²) in [4.78, 5) is 41.6. The molecule has 1 aliphatic carbocycles. The van der Waals surface area contributed by atoms with E-state index in [9.17, 15) is 18.8 Å². The molecule has 0 bridgehead atoms. The molecule has 34 heavy (non-hydrogen) atoms. The first-order chi connectivity index (χ1) is 15.9. The van der Waals surface area contributed by atoms with Crippen LogP contribution in [0, 0.1) is 5.82 Å². The lowest BCUT2D eigenvalue weighted by Crippen LogP contribution is -2.69. The van der Waals surface area contributed by atoms with E-state index in [4.69, 9.17) is 23.2 Å². The standard InChI is InChI=1S/C23H25Cl2FN4O3S/c1-22(2,3)15-11-12(19(31)30-10-9-27-20(32)23(30)7-4-8-23)18(34-15)29-21(33)28-14-6-5-13(26)16(24)17(14)25/h5-6,11H,4,7-10H2,1-3H3,(H,27,32)(H2,28,29,33). The van der Waals surface area contributed by atoms with E-state index in [1.807, 2.05) is 20.8 Å². The van der Waals surface area contributed by atoms with Crippen molar-refractivity contribution < 1.29 is 18.8 Å². The Morgan fingerprint density at radius 2 is 1.88 bits per heavy atom. The number of hydrogen-bond donors (Lipinski definition) is 3. The number of piperazine rings is 1. The summed E-state index contributed by atoms with van der Waals surface area (Å²) in [6.07, 6.45) is 2.12. The Bertz CT molecular complexity index is 1170. The van der Waals surface area contributed by atoms with Crippen LogP contribution in [0.15, 0.2) is 18.2 Å². The van der Waals surface area contributed by atoms with Crippen molar-refractivity contribution in [2.24, 2.45) is 0 Å². The number of carbonyl (C=O) groups is 3. The molecule has 182 valence electrons. The van der Waals surface area contributed by atoms with E-state index >= 15 is 0 Å². The summed E-state index contributed by atoms with van der Waals surface area (Å²) in [7, 11) is 0. The third kappa shape index (κ3) is 4.36. The molecule has 0 unspecified atom stereocenters. The van der Waals surface area contributed by atoms with Gasteiger partial charge in [0.2, 0.25) is 5.91 Å². The maximum Gasteiger partial charge on any atom is 0.324 e. The highest BCUT2D eigenvalue weighted by Crippen LogP contribution is 2.43. The monoisotopic (exact) mass is 526 g/mol. The van der Waals surface area contributed by atoms with Crippen molar-refractivity contribution in [3.05, 3.63) is 44.5 Å². The van der Waals surface area contributed by atoms with E-state index in [0.29, 0.717) is 36.5 Å². The summed E-state index contributed by atoms with van der Waals surface area (Å²) in [5.74, 6) is -1.12. The van der Waals surface area contributed by atoms with Crippen molar-refractivity contribution in [1.82, 2.24) is 10.2 Å². The highest BCUT2D eigenvalue weighted by atomic mass is 35.5. The number of nitrogens with one attached hydrogen (secondary N) is 3. The van der Waals surface area contributed by atoms with E-state index in [0.717, 1.165) is 17.4 Å². The molecule has 2 heterocycles. The molecule has 2 aliphatic rings. The molecule has 2 aromatic rings. The van der Waals surface area contributed by atoms with Crippen LogP contribution < -0.4 is 16.0 Å². The first kappa shape index (κ1) is 24.8. The number of urea groups is 1. The van der Waals surface area contributed by atoms with E-state index in [1.165, 1.54) is 17.4 Å². The molecule has 4 amide bonds. The normalized spacial score (nSPS) is 17.2. The van der Waals surface area contributed by atoms with Crippen molar-refractivity contribution in [1.29, 1.82) is 0 Å². The zero-order valence-electron chi connectivity index (χ0n) is 19.0. The fraction of sp³-hybridized carbons (Fsp3) is 0.435. The summed E-state index contributed by atoms with van der Waals surface area (Å²) >= 11 is 13.2. The van der Waals surface area contributed by atoms with Gasteiger partial charge < -0.3 is 15.5 Å². The first-order valence-electron chi connectivity index (χ1n) is 10.9. The van der Waals surface area contributed by atoms with Crippen LogP contribution in [-0.2, 0) is 10.2 Å². The molecule has 2 fully saturated rings. The Morgan fingerprint density at radius 1 is 1.18 bits per heavy atom. The van der Waals surface area contributed by atoms with Crippen LogP contribution in [0.25, 0.3) is 0 Å². The van der Waals surface area contributed by atoms with Crippen molar-refractivity contribution >= 4 is 63.1 Å². The second-order valence-electron chi connectivity index (χ2n) is 9.50. The average Bonchev–Trinajstić information content (AvgIpc) is 3.16. The van der Waals surface area contributed by atoms with Gasteiger partial charge in [0.15, 0.2) is 0 Å². The number of thiophene rings is 1. The van der Waals surface area contributed by atoms with Crippen LogP contribution in [0.2, 0.25) is 10.0 Å². The summed E-state index contributed by atoms with van der Waals surface area (Å²) < 4.78 is 13.6. The van der Waals surface area contributed by atoms with Crippen LogP contribution in [-0.4, -0.2) is 41.4 Å². The van der Waals surface area contributed by atoms with Crippen molar-refractivity contribution in [3.63, 3.8) is 0 Å². The van der Waals surface area contributed by atoms with Gasteiger partial charge in [-0.15, -0.1) is 11.3 Å². The van der Waals surface area contributed by atoms with Gasteiger partial charge in [0.05, 0.1) is 21.3 Å². The largest absolute Gasteiger partial charge is 0.352 e. The zero-order chi connectivity index (χ0) is 24.8. The Balaban J connectivity index is 1.63. The van der Waals surface area contributed by atoms with E-state index < -0.39 is 17.4 Å². The van der Waals surface area contributed by atoms with Gasteiger partial charge in [0, 0.05) is 18.0 Å². The molecule has 1 saturated carbocycles. The second-order valence-corrected chi connectivity index (χ2v) is 11.3. The predicted molar refractivity (Wildman–Crippen MR) is 133 cm³/mol. The van der Waals surface area contributed by atoms with Crippen LogP contribution in [0.5, 0.6) is 0 Å². The predicted octanol–water partition coefficient (Wildman–Crippen LogP) is 5.63. The minimum absolute atomic E-state index is 0.124. The molecule has 4 rings (SSSR count). The number of carbonyl (C=O) groups excluding carboxylic acids is 3. The van der Waals surface area contributed by atoms with Gasteiger partial charge in [-0.25, -0.2) is 9.18 Å². The summed E-state index contributed by atoms with van der Waals surface area (Å²) in [6, 6.07) is 3.52. The lowest BCUT2D eigenvalue weighted by atomic mass is 9.73. The van der Waals surface area contributed by atoms with Gasteiger partial charge in [0.1, 0.15) is 16.4 Å². The molecule has 0 atom stereocenters. The van der Waals surface area contributed by atoms with E-state index in [-0.39, 0.29) is 33.0 Å². The minimum atomic E-state index is -0.822. The van der Waals surface area contributed by atoms with Gasteiger partial charge >= 0.3 is 6.03 Å². The molecule has 7 nitrogen and oxygen atoms in total.